The van der Waals surface area contributed by atoms with Crippen molar-refractivity contribution < 1.29 is 9.84 Å². The number of ether oxygens (including phenoxy) is 1. The van der Waals surface area contributed by atoms with Crippen LogP contribution in [0.4, 0.5) is 0 Å². The van der Waals surface area contributed by atoms with E-state index < -0.39 is 0 Å². The van der Waals surface area contributed by atoms with E-state index >= 15 is 0 Å². The summed E-state index contributed by atoms with van der Waals surface area (Å²) in [5.74, 6) is 0.771. The zero-order valence-corrected chi connectivity index (χ0v) is 9.31. The number of hydrogen-bond acceptors (Lipinski definition) is 4. The van der Waals surface area contributed by atoms with E-state index in [2.05, 4.69) is 9.88 Å². The third kappa shape index (κ3) is 4.76. The van der Waals surface area contributed by atoms with Crippen LogP contribution in [0.2, 0.25) is 0 Å². The summed E-state index contributed by atoms with van der Waals surface area (Å²) in [5, 5.41) is 8.88. The van der Waals surface area contributed by atoms with Crippen LogP contribution in [0.15, 0.2) is 18.3 Å². The Hall–Kier alpha value is -1.13. The molecule has 0 saturated carbocycles. The fourth-order valence-corrected chi connectivity index (χ4v) is 1.20. The van der Waals surface area contributed by atoms with Crippen molar-refractivity contribution in [2.24, 2.45) is 0 Å². The molecular formula is C11H18N2O2. The molecule has 1 heterocycles. The van der Waals surface area contributed by atoms with Crippen LogP contribution in [-0.2, 0) is 6.61 Å². The van der Waals surface area contributed by atoms with Gasteiger partial charge in [-0.05, 0) is 26.6 Å². The fraction of sp³-hybridized carbons (Fsp3) is 0.545. The standard InChI is InChI=1S/C11H18N2O2/c1-13(2)6-3-7-15-11-4-5-12-10(8-11)9-14/h4-5,8,14H,3,6-7,9H2,1-2H3. The molecule has 1 aromatic heterocycles. The first-order valence-electron chi connectivity index (χ1n) is 5.05. The van der Waals surface area contributed by atoms with Gasteiger partial charge in [0.25, 0.3) is 0 Å². The Bertz CT molecular complexity index is 290. The second-order valence-corrected chi connectivity index (χ2v) is 3.65. The summed E-state index contributed by atoms with van der Waals surface area (Å²) in [7, 11) is 4.08. The van der Waals surface area contributed by atoms with E-state index in [4.69, 9.17) is 9.84 Å². The van der Waals surface area contributed by atoms with Gasteiger partial charge in [-0.3, -0.25) is 4.98 Å². The molecule has 0 aliphatic heterocycles. The number of hydrogen-bond donors (Lipinski definition) is 1. The van der Waals surface area contributed by atoms with Crippen LogP contribution in [0.1, 0.15) is 12.1 Å². The van der Waals surface area contributed by atoms with Gasteiger partial charge < -0.3 is 14.7 Å². The Balaban J connectivity index is 2.30. The van der Waals surface area contributed by atoms with Gasteiger partial charge in [-0.1, -0.05) is 0 Å². The van der Waals surface area contributed by atoms with E-state index in [9.17, 15) is 0 Å². The molecule has 0 amide bonds. The fourth-order valence-electron chi connectivity index (χ4n) is 1.20. The maximum absolute atomic E-state index is 8.88. The number of rotatable bonds is 6. The van der Waals surface area contributed by atoms with Crippen molar-refractivity contribution >= 4 is 0 Å². The molecule has 0 unspecified atom stereocenters. The first-order chi connectivity index (χ1) is 7.22. The predicted octanol–water partition coefficient (Wildman–Crippen LogP) is 0.904. The normalized spacial score (nSPS) is 10.7. The van der Waals surface area contributed by atoms with Crippen LogP contribution in [0.25, 0.3) is 0 Å². The SMILES string of the molecule is CN(C)CCCOc1ccnc(CO)c1. The third-order valence-corrected chi connectivity index (χ3v) is 1.97. The number of aliphatic hydroxyl groups excluding tert-OH is 1. The van der Waals surface area contributed by atoms with Gasteiger partial charge in [0.1, 0.15) is 5.75 Å². The molecule has 0 atom stereocenters. The van der Waals surface area contributed by atoms with Gasteiger partial charge in [0, 0.05) is 18.8 Å². The minimum atomic E-state index is -0.0467. The molecule has 0 spiro atoms. The van der Waals surface area contributed by atoms with Gasteiger partial charge in [-0.2, -0.15) is 0 Å². The Morgan fingerprint density at radius 2 is 2.27 bits per heavy atom. The lowest BCUT2D eigenvalue weighted by molar-refractivity contribution is 0.269. The van der Waals surface area contributed by atoms with E-state index in [1.165, 1.54) is 0 Å². The summed E-state index contributed by atoms with van der Waals surface area (Å²) >= 11 is 0. The van der Waals surface area contributed by atoms with E-state index in [1.54, 1.807) is 18.3 Å². The summed E-state index contributed by atoms with van der Waals surface area (Å²) in [6.07, 6.45) is 2.64. The number of nitrogens with zero attached hydrogens (tertiary/aromatic N) is 2. The van der Waals surface area contributed by atoms with Crippen molar-refractivity contribution in [3.05, 3.63) is 24.0 Å². The maximum atomic E-state index is 8.88. The zero-order valence-electron chi connectivity index (χ0n) is 9.31. The lowest BCUT2D eigenvalue weighted by Crippen LogP contribution is -2.15. The second-order valence-electron chi connectivity index (χ2n) is 3.65. The van der Waals surface area contributed by atoms with Gasteiger partial charge in [-0.25, -0.2) is 0 Å². The highest BCUT2D eigenvalue weighted by atomic mass is 16.5. The zero-order chi connectivity index (χ0) is 11.1. The summed E-state index contributed by atoms with van der Waals surface area (Å²) in [4.78, 5) is 6.10. The molecule has 0 fully saturated rings. The molecule has 4 heteroatoms. The first-order valence-corrected chi connectivity index (χ1v) is 5.05. The quantitative estimate of drug-likeness (QED) is 0.709. The van der Waals surface area contributed by atoms with Crippen LogP contribution in [0.3, 0.4) is 0 Å². The molecule has 0 aromatic carbocycles. The highest BCUT2D eigenvalue weighted by Gasteiger charge is 1.97. The molecular weight excluding hydrogens is 192 g/mol. The molecule has 0 aliphatic rings. The minimum absolute atomic E-state index is 0.0467. The lowest BCUT2D eigenvalue weighted by Gasteiger charge is -2.10. The molecule has 1 aromatic rings. The number of aromatic nitrogens is 1. The van der Waals surface area contributed by atoms with Crippen LogP contribution < -0.4 is 4.74 Å². The molecule has 0 saturated heterocycles. The van der Waals surface area contributed by atoms with E-state index in [-0.39, 0.29) is 6.61 Å². The van der Waals surface area contributed by atoms with Gasteiger partial charge in [-0.15, -0.1) is 0 Å². The van der Waals surface area contributed by atoms with E-state index in [0.29, 0.717) is 12.3 Å². The Kier molecular flexibility index (Phi) is 5.07. The third-order valence-electron chi connectivity index (χ3n) is 1.97. The van der Waals surface area contributed by atoms with Crippen LogP contribution in [0.5, 0.6) is 5.75 Å². The molecule has 0 bridgehead atoms. The van der Waals surface area contributed by atoms with Gasteiger partial charge in [0.15, 0.2) is 0 Å². The van der Waals surface area contributed by atoms with Gasteiger partial charge in [0.2, 0.25) is 0 Å². The monoisotopic (exact) mass is 210 g/mol. The topological polar surface area (TPSA) is 45.6 Å². The Morgan fingerprint density at radius 1 is 1.47 bits per heavy atom. The summed E-state index contributed by atoms with van der Waals surface area (Å²) < 4.78 is 5.52. The van der Waals surface area contributed by atoms with Crippen molar-refractivity contribution in [1.29, 1.82) is 0 Å². The Labute approximate surface area is 90.5 Å². The Morgan fingerprint density at radius 3 is 2.93 bits per heavy atom. The van der Waals surface area contributed by atoms with Crippen molar-refractivity contribution in [1.82, 2.24) is 9.88 Å². The first kappa shape index (κ1) is 11.9. The summed E-state index contributed by atoms with van der Waals surface area (Å²) in [6, 6.07) is 3.56. The predicted molar refractivity (Wildman–Crippen MR) is 58.8 cm³/mol. The van der Waals surface area contributed by atoms with Crippen molar-refractivity contribution in [2.75, 3.05) is 27.2 Å². The molecule has 4 nitrogen and oxygen atoms in total. The molecule has 1 N–H and O–H groups in total. The van der Waals surface area contributed by atoms with Crippen molar-refractivity contribution in [3.8, 4) is 5.75 Å². The molecule has 0 radical (unpaired) electrons. The molecule has 0 aliphatic carbocycles. The van der Waals surface area contributed by atoms with Gasteiger partial charge in [0.05, 0.1) is 18.9 Å². The highest BCUT2D eigenvalue weighted by molar-refractivity contribution is 5.22. The number of pyridine rings is 1. The second kappa shape index (κ2) is 6.37. The molecule has 15 heavy (non-hydrogen) atoms. The van der Waals surface area contributed by atoms with Crippen LogP contribution in [0, 0.1) is 0 Å². The van der Waals surface area contributed by atoms with E-state index in [0.717, 1.165) is 18.7 Å². The highest BCUT2D eigenvalue weighted by Crippen LogP contribution is 2.10. The average molecular weight is 210 g/mol. The lowest BCUT2D eigenvalue weighted by atomic mass is 10.3. The van der Waals surface area contributed by atoms with Crippen molar-refractivity contribution in [3.63, 3.8) is 0 Å². The maximum Gasteiger partial charge on any atom is 0.122 e. The summed E-state index contributed by atoms with van der Waals surface area (Å²) in [5.41, 5.74) is 0.639. The van der Waals surface area contributed by atoms with E-state index in [1.807, 2.05) is 14.1 Å². The average Bonchev–Trinajstić information content (AvgIpc) is 2.24. The number of aliphatic hydroxyl groups is 1. The molecule has 84 valence electrons. The van der Waals surface area contributed by atoms with Crippen LogP contribution >= 0.6 is 0 Å². The van der Waals surface area contributed by atoms with Crippen LogP contribution in [-0.4, -0.2) is 42.2 Å². The van der Waals surface area contributed by atoms with Crippen molar-refractivity contribution in [2.45, 2.75) is 13.0 Å². The van der Waals surface area contributed by atoms with Gasteiger partial charge >= 0.3 is 0 Å². The smallest absolute Gasteiger partial charge is 0.122 e. The summed E-state index contributed by atoms with van der Waals surface area (Å²) in [6.45, 7) is 1.65. The largest absolute Gasteiger partial charge is 0.493 e. The molecule has 1 rings (SSSR count). The minimum Gasteiger partial charge on any atom is -0.493 e.